The fourth-order valence-electron chi connectivity index (χ4n) is 2.75. The van der Waals surface area contributed by atoms with Crippen molar-refractivity contribution in [2.75, 3.05) is 11.9 Å². The molecule has 0 unspecified atom stereocenters. The summed E-state index contributed by atoms with van der Waals surface area (Å²) >= 11 is 11.9. The lowest BCUT2D eigenvalue weighted by Crippen LogP contribution is -2.22. The predicted octanol–water partition coefficient (Wildman–Crippen LogP) is 5.33. The van der Waals surface area contributed by atoms with E-state index in [1.807, 2.05) is 0 Å². The summed E-state index contributed by atoms with van der Waals surface area (Å²) in [6, 6.07) is 17.7. The van der Waals surface area contributed by atoms with E-state index >= 15 is 0 Å². The molecule has 0 heterocycles. The summed E-state index contributed by atoms with van der Waals surface area (Å²) in [5, 5.41) is 3.66. The van der Waals surface area contributed by atoms with Gasteiger partial charge in [-0.2, -0.15) is 0 Å². The van der Waals surface area contributed by atoms with Crippen LogP contribution < -0.4 is 5.32 Å². The lowest BCUT2D eigenvalue weighted by atomic mass is 9.98. The molecule has 0 aliphatic carbocycles. The molecule has 5 nitrogen and oxygen atoms in total. The average Bonchev–Trinajstić information content (AvgIpc) is 2.75. The third-order valence-corrected chi connectivity index (χ3v) is 5.04. The number of esters is 1. The van der Waals surface area contributed by atoms with Crippen molar-refractivity contribution in [2.45, 2.75) is 6.92 Å². The molecule has 0 spiro atoms. The Hall–Kier alpha value is -3.15. The summed E-state index contributed by atoms with van der Waals surface area (Å²) in [6.45, 7) is 1.26. The molecule has 3 rings (SSSR count). The summed E-state index contributed by atoms with van der Waals surface area (Å²) in [5.41, 5.74) is 1.87. The molecule has 0 saturated carbocycles. The van der Waals surface area contributed by atoms with Crippen LogP contribution in [0.5, 0.6) is 0 Å². The molecular weight excluding hydrogens is 425 g/mol. The quantitative estimate of drug-likeness (QED) is 0.414. The molecule has 0 radical (unpaired) electrons. The first-order valence-corrected chi connectivity index (χ1v) is 9.74. The zero-order valence-corrected chi connectivity index (χ0v) is 17.5. The Morgan fingerprint density at radius 2 is 1.53 bits per heavy atom. The number of hydrogen-bond donors (Lipinski definition) is 1. The lowest BCUT2D eigenvalue weighted by Gasteiger charge is -2.11. The summed E-state index contributed by atoms with van der Waals surface area (Å²) in [6.07, 6.45) is 0. The van der Waals surface area contributed by atoms with Crippen LogP contribution >= 0.6 is 23.2 Å². The van der Waals surface area contributed by atoms with E-state index in [9.17, 15) is 14.4 Å². The molecule has 0 aliphatic heterocycles. The molecule has 0 aliphatic rings. The van der Waals surface area contributed by atoms with Crippen molar-refractivity contribution >= 4 is 46.5 Å². The SMILES string of the molecule is Cc1c(Cl)cccc1NC(=O)COC(=O)c1ccccc1C(=O)c1ccc(Cl)cc1. The number of anilines is 1. The van der Waals surface area contributed by atoms with Crippen molar-refractivity contribution in [2.24, 2.45) is 0 Å². The van der Waals surface area contributed by atoms with Crippen LogP contribution in [0.1, 0.15) is 31.8 Å². The number of rotatable bonds is 6. The maximum absolute atomic E-state index is 12.8. The molecule has 0 saturated heterocycles. The molecule has 1 amide bonds. The summed E-state index contributed by atoms with van der Waals surface area (Å²) in [4.78, 5) is 37.5. The highest BCUT2D eigenvalue weighted by Crippen LogP contribution is 2.23. The number of carbonyl (C=O) groups is 3. The standard InChI is InChI=1S/C23H17Cl2NO4/c1-14-19(25)7-4-8-20(14)26-21(27)13-30-23(29)18-6-3-2-5-17(18)22(28)15-9-11-16(24)12-10-15/h2-12H,13H2,1H3,(H,26,27). The monoisotopic (exact) mass is 441 g/mol. The van der Waals surface area contributed by atoms with Gasteiger partial charge in [-0.3, -0.25) is 9.59 Å². The summed E-state index contributed by atoms with van der Waals surface area (Å²) in [5.74, 6) is -1.64. The molecule has 0 fully saturated rings. The van der Waals surface area contributed by atoms with Crippen LogP contribution in [0, 0.1) is 6.92 Å². The van der Waals surface area contributed by atoms with Crippen molar-refractivity contribution in [1.82, 2.24) is 0 Å². The van der Waals surface area contributed by atoms with E-state index in [0.717, 1.165) is 0 Å². The highest BCUT2D eigenvalue weighted by molar-refractivity contribution is 6.32. The Bertz CT molecular complexity index is 1110. The molecule has 7 heteroatoms. The molecule has 0 bridgehead atoms. The third kappa shape index (κ3) is 5.06. The summed E-state index contributed by atoms with van der Waals surface area (Å²) in [7, 11) is 0. The van der Waals surface area contributed by atoms with Gasteiger partial charge in [0.1, 0.15) is 0 Å². The van der Waals surface area contributed by atoms with Crippen LogP contribution in [0.4, 0.5) is 5.69 Å². The van der Waals surface area contributed by atoms with Crippen LogP contribution in [-0.4, -0.2) is 24.3 Å². The van der Waals surface area contributed by atoms with Gasteiger partial charge in [-0.15, -0.1) is 0 Å². The molecule has 3 aromatic carbocycles. The first-order chi connectivity index (χ1) is 14.4. The summed E-state index contributed by atoms with van der Waals surface area (Å²) < 4.78 is 5.12. The van der Waals surface area contributed by atoms with Crippen LogP contribution in [0.3, 0.4) is 0 Å². The second-order valence-electron chi connectivity index (χ2n) is 6.42. The zero-order chi connectivity index (χ0) is 21.7. The zero-order valence-electron chi connectivity index (χ0n) is 15.9. The molecule has 3 aromatic rings. The third-order valence-electron chi connectivity index (χ3n) is 4.37. The van der Waals surface area contributed by atoms with Crippen molar-refractivity contribution in [3.8, 4) is 0 Å². The number of hydrogen-bond acceptors (Lipinski definition) is 4. The van der Waals surface area contributed by atoms with Gasteiger partial charge in [0.2, 0.25) is 0 Å². The normalized spacial score (nSPS) is 10.4. The fourth-order valence-corrected chi connectivity index (χ4v) is 3.05. The Kier molecular flexibility index (Phi) is 6.87. The van der Waals surface area contributed by atoms with Gasteiger partial charge in [-0.1, -0.05) is 47.5 Å². The topological polar surface area (TPSA) is 72.5 Å². The van der Waals surface area contributed by atoms with Crippen molar-refractivity contribution in [3.05, 3.63) is 99.0 Å². The van der Waals surface area contributed by atoms with E-state index in [1.165, 1.54) is 12.1 Å². The van der Waals surface area contributed by atoms with Crippen molar-refractivity contribution in [1.29, 1.82) is 0 Å². The van der Waals surface area contributed by atoms with E-state index in [1.54, 1.807) is 61.5 Å². The van der Waals surface area contributed by atoms with Crippen LogP contribution in [-0.2, 0) is 9.53 Å². The van der Waals surface area contributed by atoms with Gasteiger partial charge in [-0.25, -0.2) is 4.79 Å². The minimum atomic E-state index is -0.772. The molecule has 0 aromatic heterocycles. The van der Waals surface area contributed by atoms with E-state index < -0.39 is 18.5 Å². The maximum atomic E-state index is 12.8. The molecular formula is C23H17Cl2NO4. The van der Waals surface area contributed by atoms with Crippen LogP contribution in [0.15, 0.2) is 66.7 Å². The number of halogens is 2. The molecule has 152 valence electrons. The van der Waals surface area contributed by atoms with E-state index in [-0.39, 0.29) is 16.9 Å². The van der Waals surface area contributed by atoms with Crippen molar-refractivity contribution < 1.29 is 19.1 Å². The Labute approximate surface area is 183 Å². The van der Waals surface area contributed by atoms with Crippen LogP contribution in [0.2, 0.25) is 10.0 Å². The number of nitrogens with one attached hydrogen (secondary N) is 1. The van der Waals surface area contributed by atoms with E-state index in [0.29, 0.717) is 26.9 Å². The Balaban J connectivity index is 1.70. The number of ketones is 1. The van der Waals surface area contributed by atoms with Gasteiger partial charge < -0.3 is 10.1 Å². The first-order valence-electron chi connectivity index (χ1n) is 8.98. The minimum Gasteiger partial charge on any atom is -0.452 e. The van der Waals surface area contributed by atoms with E-state index in [4.69, 9.17) is 27.9 Å². The van der Waals surface area contributed by atoms with Gasteiger partial charge in [0.15, 0.2) is 12.4 Å². The van der Waals surface area contributed by atoms with Gasteiger partial charge in [-0.05, 0) is 55.0 Å². The molecule has 30 heavy (non-hydrogen) atoms. The number of ether oxygens (including phenoxy) is 1. The lowest BCUT2D eigenvalue weighted by molar-refractivity contribution is -0.119. The number of amides is 1. The van der Waals surface area contributed by atoms with Crippen LogP contribution in [0.25, 0.3) is 0 Å². The first kappa shape index (κ1) is 21.6. The largest absolute Gasteiger partial charge is 0.452 e. The van der Waals surface area contributed by atoms with Gasteiger partial charge in [0.05, 0.1) is 5.56 Å². The Morgan fingerprint density at radius 3 is 2.23 bits per heavy atom. The predicted molar refractivity (Wildman–Crippen MR) is 116 cm³/mol. The average molecular weight is 442 g/mol. The maximum Gasteiger partial charge on any atom is 0.339 e. The highest BCUT2D eigenvalue weighted by atomic mass is 35.5. The van der Waals surface area contributed by atoms with Gasteiger partial charge >= 0.3 is 5.97 Å². The minimum absolute atomic E-state index is 0.0733. The van der Waals surface area contributed by atoms with Crippen molar-refractivity contribution in [3.63, 3.8) is 0 Å². The van der Waals surface area contributed by atoms with E-state index in [2.05, 4.69) is 5.32 Å². The fraction of sp³-hybridized carbons (Fsp3) is 0.0870. The smallest absolute Gasteiger partial charge is 0.339 e. The van der Waals surface area contributed by atoms with Gasteiger partial charge in [0, 0.05) is 26.9 Å². The second kappa shape index (κ2) is 9.57. The van der Waals surface area contributed by atoms with Gasteiger partial charge in [0.25, 0.3) is 5.91 Å². The number of benzene rings is 3. The Morgan fingerprint density at radius 1 is 0.867 bits per heavy atom. The molecule has 0 atom stereocenters. The molecule has 1 N–H and O–H groups in total. The second-order valence-corrected chi connectivity index (χ2v) is 7.26. The number of carbonyl (C=O) groups excluding carboxylic acids is 3. The highest BCUT2D eigenvalue weighted by Gasteiger charge is 2.20.